The van der Waals surface area contributed by atoms with E-state index in [1.807, 2.05) is 48.5 Å². The fourth-order valence-corrected chi connectivity index (χ4v) is 2.82. The number of ether oxygens (including phenoxy) is 2. The van der Waals surface area contributed by atoms with Gasteiger partial charge < -0.3 is 20.1 Å². The first kappa shape index (κ1) is 19.2. The molecule has 2 N–H and O–H groups in total. The molecule has 6 nitrogen and oxygen atoms in total. The molecule has 0 aliphatic heterocycles. The quantitative estimate of drug-likeness (QED) is 0.624. The summed E-state index contributed by atoms with van der Waals surface area (Å²) >= 11 is 0. The molecule has 0 bridgehead atoms. The van der Waals surface area contributed by atoms with Crippen LogP contribution in [0, 0.1) is 0 Å². The fraction of sp³-hybridized carbons (Fsp3) is 0.182. The molecule has 0 unspecified atom stereocenters. The molecule has 0 atom stereocenters. The lowest BCUT2D eigenvalue weighted by Gasteiger charge is -2.11. The molecule has 3 rings (SSSR count). The molecule has 0 spiro atoms. The predicted molar refractivity (Wildman–Crippen MR) is 110 cm³/mol. The van der Waals surface area contributed by atoms with Crippen LogP contribution in [0.25, 0.3) is 0 Å². The largest absolute Gasteiger partial charge is 0.497 e. The van der Waals surface area contributed by atoms with Crippen molar-refractivity contribution in [2.24, 2.45) is 0 Å². The van der Waals surface area contributed by atoms with Gasteiger partial charge in [0.1, 0.15) is 11.5 Å². The SMILES string of the molecule is COc1cccc(Nc2cncc(C(=O)NCCc3ccccc3OC)c2)c1. The Balaban J connectivity index is 1.60. The van der Waals surface area contributed by atoms with Gasteiger partial charge >= 0.3 is 0 Å². The van der Waals surface area contributed by atoms with Crippen LogP contribution in [0.1, 0.15) is 15.9 Å². The van der Waals surface area contributed by atoms with Crippen LogP contribution in [0.3, 0.4) is 0 Å². The third-order valence-corrected chi connectivity index (χ3v) is 4.23. The van der Waals surface area contributed by atoms with Crippen molar-refractivity contribution >= 4 is 17.3 Å². The van der Waals surface area contributed by atoms with Gasteiger partial charge in [-0.15, -0.1) is 0 Å². The van der Waals surface area contributed by atoms with Crippen LogP contribution in [0.4, 0.5) is 11.4 Å². The minimum Gasteiger partial charge on any atom is -0.497 e. The number of carbonyl (C=O) groups excluding carboxylic acids is 1. The van der Waals surface area contributed by atoms with Gasteiger partial charge in [0.2, 0.25) is 0 Å². The van der Waals surface area contributed by atoms with Gasteiger partial charge in [-0.25, -0.2) is 0 Å². The lowest BCUT2D eigenvalue weighted by Crippen LogP contribution is -2.26. The Hall–Kier alpha value is -3.54. The number of hydrogen-bond donors (Lipinski definition) is 2. The van der Waals surface area contributed by atoms with Crippen molar-refractivity contribution < 1.29 is 14.3 Å². The third kappa shape index (κ3) is 5.01. The summed E-state index contributed by atoms with van der Waals surface area (Å²) < 4.78 is 10.6. The number of hydrogen-bond acceptors (Lipinski definition) is 5. The van der Waals surface area contributed by atoms with Gasteiger partial charge in [0.15, 0.2) is 0 Å². The van der Waals surface area contributed by atoms with E-state index in [1.54, 1.807) is 32.7 Å². The smallest absolute Gasteiger partial charge is 0.252 e. The summed E-state index contributed by atoms with van der Waals surface area (Å²) in [5, 5.41) is 6.16. The minimum absolute atomic E-state index is 0.170. The van der Waals surface area contributed by atoms with Gasteiger partial charge in [0.05, 0.1) is 31.7 Å². The molecule has 0 radical (unpaired) electrons. The number of benzene rings is 2. The summed E-state index contributed by atoms with van der Waals surface area (Å²) in [6.07, 6.45) is 3.91. The van der Waals surface area contributed by atoms with Crippen LogP contribution >= 0.6 is 0 Å². The second-order valence-electron chi connectivity index (χ2n) is 6.14. The van der Waals surface area contributed by atoms with E-state index in [0.717, 1.165) is 28.4 Å². The molecule has 0 aliphatic carbocycles. The van der Waals surface area contributed by atoms with E-state index in [4.69, 9.17) is 9.47 Å². The van der Waals surface area contributed by atoms with Crippen molar-refractivity contribution in [2.45, 2.75) is 6.42 Å². The average Bonchev–Trinajstić information content (AvgIpc) is 2.74. The summed E-state index contributed by atoms with van der Waals surface area (Å²) in [6, 6.07) is 17.1. The molecule has 1 amide bonds. The van der Waals surface area contributed by atoms with Crippen LogP contribution in [0.15, 0.2) is 67.0 Å². The molecule has 144 valence electrons. The van der Waals surface area contributed by atoms with E-state index in [2.05, 4.69) is 15.6 Å². The van der Waals surface area contributed by atoms with Crippen LogP contribution in [0.5, 0.6) is 11.5 Å². The van der Waals surface area contributed by atoms with Crippen molar-refractivity contribution in [1.82, 2.24) is 10.3 Å². The molecular formula is C22H23N3O3. The molecule has 2 aromatic carbocycles. The van der Waals surface area contributed by atoms with Crippen LogP contribution in [-0.4, -0.2) is 31.7 Å². The maximum atomic E-state index is 12.5. The Labute approximate surface area is 164 Å². The lowest BCUT2D eigenvalue weighted by atomic mass is 10.1. The summed E-state index contributed by atoms with van der Waals surface area (Å²) in [6.45, 7) is 0.507. The number of amides is 1. The van der Waals surface area contributed by atoms with E-state index in [1.165, 1.54) is 0 Å². The molecule has 0 saturated carbocycles. The highest BCUT2D eigenvalue weighted by molar-refractivity contribution is 5.94. The van der Waals surface area contributed by atoms with Gasteiger partial charge in [-0.3, -0.25) is 9.78 Å². The number of methoxy groups -OCH3 is 2. The van der Waals surface area contributed by atoms with Gasteiger partial charge in [0, 0.05) is 24.5 Å². The van der Waals surface area contributed by atoms with E-state index in [0.29, 0.717) is 18.5 Å². The van der Waals surface area contributed by atoms with Crippen molar-refractivity contribution in [1.29, 1.82) is 0 Å². The average molecular weight is 377 g/mol. The first-order valence-electron chi connectivity index (χ1n) is 8.96. The van der Waals surface area contributed by atoms with Crippen molar-refractivity contribution in [3.05, 3.63) is 78.1 Å². The minimum atomic E-state index is -0.170. The Morgan fingerprint density at radius 2 is 1.82 bits per heavy atom. The normalized spacial score (nSPS) is 10.2. The van der Waals surface area contributed by atoms with Gasteiger partial charge in [0.25, 0.3) is 5.91 Å². The number of nitrogens with one attached hydrogen (secondary N) is 2. The number of nitrogens with zero attached hydrogens (tertiary/aromatic N) is 1. The van der Waals surface area contributed by atoms with Crippen molar-refractivity contribution in [3.63, 3.8) is 0 Å². The standard InChI is InChI=1S/C22H23N3O3/c1-27-20-8-5-7-18(13-20)25-19-12-17(14-23-15-19)22(26)24-11-10-16-6-3-4-9-21(16)28-2/h3-9,12-15,25H,10-11H2,1-2H3,(H,24,26). The number of anilines is 2. The number of para-hydroxylation sites is 1. The lowest BCUT2D eigenvalue weighted by molar-refractivity contribution is 0.0953. The van der Waals surface area contributed by atoms with Gasteiger partial charge in [-0.1, -0.05) is 24.3 Å². The van der Waals surface area contributed by atoms with E-state index < -0.39 is 0 Å². The van der Waals surface area contributed by atoms with Gasteiger partial charge in [-0.2, -0.15) is 0 Å². The summed E-state index contributed by atoms with van der Waals surface area (Å²) in [5.41, 5.74) is 3.13. The third-order valence-electron chi connectivity index (χ3n) is 4.23. The van der Waals surface area contributed by atoms with Crippen LogP contribution in [0.2, 0.25) is 0 Å². The van der Waals surface area contributed by atoms with Crippen molar-refractivity contribution in [3.8, 4) is 11.5 Å². The van der Waals surface area contributed by atoms with Crippen LogP contribution in [-0.2, 0) is 6.42 Å². The fourth-order valence-electron chi connectivity index (χ4n) is 2.82. The zero-order valence-electron chi connectivity index (χ0n) is 15.9. The second-order valence-corrected chi connectivity index (χ2v) is 6.14. The number of rotatable bonds is 8. The molecule has 28 heavy (non-hydrogen) atoms. The molecule has 6 heteroatoms. The molecule has 3 aromatic rings. The Bertz CT molecular complexity index is 944. The summed E-state index contributed by atoms with van der Waals surface area (Å²) in [7, 11) is 3.26. The van der Waals surface area contributed by atoms with Crippen molar-refractivity contribution in [2.75, 3.05) is 26.1 Å². The monoisotopic (exact) mass is 377 g/mol. The Kier molecular flexibility index (Phi) is 6.46. The highest BCUT2D eigenvalue weighted by Crippen LogP contribution is 2.21. The second kappa shape index (κ2) is 9.41. The highest BCUT2D eigenvalue weighted by atomic mass is 16.5. The maximum absolute atomic E-state index is 12.5. The Morgan fingerprint density at radius 1 is 0.964 bits per heavy atom. The Morgan fingerprint density at radius 3 is 2.64 bits per heavy atom. The molecule has 1 heterocycles. The number of pyridine rings is 1. The van der Waals surface area contributed by atoms with Crippen LogP contribution < -0.4 is 20.1 Å². The summed E-state index contributed by atoms with van der Waals surface area (Å²) in [4.78, 5) is 16.6. The topological polar surface area (TPSA) is 72.5 Å². The first-order chi connectivity index (χ1) is 13.7. The van der Waals surface area contributed by atoms with E-state index >= 15 is 0 Å². The maximum Gasteiger partial charge on any atom is 0.252 e. The van der Waals surface area contributed by atoms with E-state index in [-0.39, 0.29) is 5.91 Å². The zero-order valence-corrected chi connectivity index (χ0v) is 15.9. The summed E-state index contributed by atoms with van der Waals surface area (Å²) in [5.74, 6) is 1.41. The predicted octanol–water partition coefficient (Wildman–Crippen LogP) is 3.81. The molecule has 0 aliphatic rings. The zero-order chi connectivity index (χ0) is 19.8. The molecule has 0 saturated heterocycles. The number of aromatic nitrogens is 1. The first-order valence-corrected chi connectivity index (χ1v) is 8.96. The number of carbonyl (C=O) groups is 1. The van der Waals surface area contributed by atoms with Gasteiger partial charge in [-0.05, 0) is 36.2 Å². The molecule has 0 fully saturated rings. The molecule has 1 aromatic heterocycles. The van der Waals surface area contributed by atoms with E-state index in [9.17, 15) is 4.79 Å². The highest BCUT2D eigenvalue weighted by Gasteiger charge is 2.08. The molecular weight excluding hydrogens is 354 g/mol.